The number of hydrogen-bond acceptors (Lipinski definition) is 4. The van der Waals surface area contributed by atoms with Crippen LogP contribution in [-0.4, -0.2) is 43.4 Å². The van der Waals surface area contributed by atoms with E-state index in [9.17, 15) is 4.79 Å². The van der Waals surface area contributed by atoms with E-state index in [1.54, 1.807) is 10.9 Å². The molecule has 2 atom stereocenters. The van der Waals surface area contributed by atoms with Crippen LogP contribution in [0.4, 0.5) is 0 Å². The third-order valence-electron chi connectivity index (χ3n) is 5.62. The van der Waals surface area contributed by atoms with Gasteiger partial charge in [0.2, 0.25) is 0 Å². The Morgan fingerprint density at radius 3 is 2.92 bits per heavy atom. The molecule has 3 aromatic rings. The van der Waals surface area contributed by atoms with Crippen LogP contribution in [0.1, 0.15) is 35.4 Å². The number of aromatic nitrogens is 4. The molecular formula is C19H19N5O. The van der Waals surface area contributed by atoms with Crippen molar-refractivity contribution in [3.05, 3.63) is 47.9 Å². The largest absolute Gasteiger partial charge is 0.334 e. The van der Waals surface area contributed by atoms with E-state index in [1.165, 1.54) is 6.42 Å². The molecule has 2 aromatic heterocycles. The highest BCUT2D eigenvalue weighted by Crippen LogP contribution is 2.38. The first-order chi connectivity index (χ1) is 12.2. The van der Waals surface area contributed by atoms with Crippen molar-refractivity contribution >= 4 is 16.8 Å². The highest BCUT2D eigenvalue weighted by molar-refractivity contribution is 5.94. The summed E-state index contributed by atoms with van der Waals surface area (Å²) >= 11 is 0. The van der Waals surface area contributed by atoms with Crippen molar-refractivity contribution in [3.63, 3.8) is 0 Å². The van der Waals surface area contributed by atoms with Crippen molar-refractivity contribution < 1.29 is 4.79 Å². The fourth-order valence-electron chi connectivity index (χ4n) is 4.34. The lowest BCUT2D eigenvalue weighted by Crippen LogP contribution is -2.38. The standard InChI is InChI=1S/C19H19N5O/c1-12-18(19(25)23-11-13-7-8-14(23)10-13)21-22-24(12)17-6-2-5-16-15(17)4-3-9-20-16/h2-6,9,13-14H,7-8,10-11H2,1H3/t13-,14+/m1/s1. The molecule has 1 saturated heterocycles. The van der Waals surface area contributed by atoms with Crippen LogP contribution in [-0.2, 0) is 0 Å². The number of hydrogen-bond donors (Lipinski definition) is 0. The van der Waals surface area contributed by atoms with Crippen molar-refractivity contribution in [2.45, 2.75) is 32.2 Å². The Kier molecular flexibility index (Phi) is 3.13. The second kappa shape index (κ2) is 5.37. The molecule has 2 aliphatic rings. The van der Waals surface area contributed by atoms with Gasteiger partial charge in [-0.3, -0.25) is 9.78 Å². The zero-order chi connectivity index (χ0) is 17.0. The molecule has 6 nitrogen and oxygen atoms in total. The number of likely N-dealkylation sites (tertiary alicyclic amines) is 1. The summed E-state index contributed by atoms with van der Waals surface area (Å²) in [6.45, 7) is 2.78. The zero-order valence-corrected chi connectivity index (χ0v) is 14.1. The molecule has 126 valence electrons. The number of fused-ring (bicyclic) bond motifs is 3. The minimum Gasteiger partial charge on any atom is -0.334 e. The topological polar surface area (TPSA) is 63.9 Å². The maximum Gasteiger partial charge on any atom is 0.276 e. The van der Waals surface area contributed by atoms with Gasteiger partial charge in [0.25, 0.3) is 5.91 Å². The first-order valence-electron chi connectivity index (χ1n) is 8.80. The summed E-state index contributed by atoms with van der Waals surface area (Å²) in [6, 6.07) is 10.2. The molecule has 0 N–H and O–H groups in total. The van der Waals surface area contributed by atoms with Crippen molar-refractivity contribution in [3.8, 4) is 5.69 Å². The van der Waals surface area contributed by atoms with Crippen molar-refractivity contribution in [2.75, 3.05) is 6.54 Å². The molecule has 1 aliphatic carbocycles. The average molecular weight is 333 g/mol. The summed E-state index contributed by atoms with van der Waals surface area (Å²) in [6.07, 6.45) is 5.30. The minimum atomic E-state index is 0.0225. The summed E-state index contributed by atoms with van der Waals surface area (Å²) in [7, 11) is 0. The van der Waals surface area contributed by atoms with Crippen LogP contribution in [0.5, 0.6) is 0 Å². The molecule has 6 heteroatoms. The van der Waals surface area contributed by atoms with Crippen LogP contribution < -0.4 is 0 Å². The van der Waals surface area contributed by atoms with E-state index >= 15 is 0 Å². The molecule has 1 aliphatic heterocycles. The second-order valence-electron chi connectivity index (χ2n) is 7.07. The Balaban J connectivity index is 1.55. The Labute approximate surface area is 145 Å². The van der Waals surface area contributed by atoms with Crippen molar-refractivity contribution in [1.29, 1.82) is 0 Å². The Hall–Kier alpha value is -2.76. The van der Waals surface area contributed by atoms with Crippen LogP contribution in [0.15, 0.2) is 36.5 Å². The molecule has 0 radical (unpaired) electrons. The second-order valence-corrected chi connectivity index (χ2v) is 7.07. The van der Waals surface area contributed by atoms with Gasteiger partial charge in [-0.1, -0.05) is 11.3 Å². The van der Waals surface area contributed by atoms with E-state index < -0.39 is 0 Å². The van der Waals surface area contributed by atoms with Gasteiger partial charge in [-0.05, 0) is 56.4 Å². The lowest BCUT2D eigenvalue weighted by atomic mass is 10.1. The lowest BCUT2D eigenvalue weighted by Gasteiger charge is -2.26. The summed E-state index contributed by atoms with van der Waals surface area (Å²) in [5.41, 5.74) is 3.05. The summed E-state index contributed by atoms with van der Waals surface area (Å²) in [5, 5.41) is 9.51. The van der Waals surface area contributed by atoms with Gasteiger partial charge in [0, 0.05) is 24.2 Å². The minimum absolute atomic E-state index is 0.0225. The predicted octanol–water partition coefficient (Wildman–Crippen LogP) is 2.75. The van der Waals surface area contributed by atoms with Gasteiger partial charge in [-0.25, -0.2) is 4.68 Å². The smallest absolute Gasteiger partial charge is 0.276 e. The molecule has 2 fully saturated rings. The molecule has 3 heterocycles. The van der Waals surface area contributed by atoms with Crippen molar-refractivity contribution in [2.24, 2.45) is 5.92 Å². The summed E-state index contributed by atoms with van der Waals surface area (Å²) in [4.78, 5) is 19.4. The molecule has 1 amide bonds. The van der Waals surface area contributed by atoms with Crippen LogP contribution in [0, 0.1) is 12.8 Å². The molecule has 1 saturated carbocycles. The molecule has 25 heavy (non-hydrogen) atoms. The molecule has 2 bridgehead atoms. The maximum absolute atomic E-state index is 13.0. The quantitative estimate of drug-likeness (QED) is 0.723. The van der Waals surface area contributed by atoms with Gasteiger partial charge in [-0.15, -0.1) is 5.10 Å². The number of nitrogens with zero attached hydrogens (tertiary/aromatic N) is 5. The van der Waals surface area contributed by atoms with Crippen LogP contribution >= 0.6 is 0 Å². The van der Waals surface area contributed by atoms with Crippen molar-refractivity contribution in [1.82, 2.24) is 24.9 Å². The highest BCUT2D eigenvalue weighted by atomic mass is 16.2. The third-order valence-corrected chi connectivity index (χ3v) is 5.62. The first kappa shape index (κ1) is 14.6. The normalized spacial score (nSPS) is 22.0. The number of carbonyl (C=O) groups excluding carboxylic acids is 1. The van der Waals surface area contributed by atoms with Crippen LogP contribution in [0.25, 0.3) is 16.6 Å². The fraction of sp³-hybridized carbons (Fsp3) is 0.368. The highest BCUT2D eigenvalue weighted by Gasteiger charge is 2.41. The Bertz CT molecular complexity index is 974. The van der Waals surface area contributed by atoms with E-state index in [0.29, 0.717) is 17.7 Å². The van der Waals surface area contributed by atoms with E-state index in [4.69, 9.17) is 0 Å². The monoisotopic (exact) mass is 333 g/mol. The van der Waals surface area contributed by atoms with Gasteiger partial charge >= 0.3 is 0 Å². The Morgan fingerprint density at radius 1 is 1.20 bits per heavy atom. The predicted molar refractivity (Wildman–Crippen MR) is 93.6 cm³/mol. The number of amides is 1. The van der Waals surface area contributed by atoms with Gasteiger partial charge in [0.05, 0.1) is 16.9 Å². The molecule has 1 aromatic carbocycles. The van der Waals surface area contributed by atoms with E-state index in [0.717, 1.165) is 41.7 Å². The van der Waals surface area contributed by atoms with E-state index in [2.05, 4.69) is 15.3 Å². The molecule has 0 spiro atoms. The molecule has 0 unspecified atom stereocenters. The number of benzene rings is 1. The first-order valence-corrected chi connectivity index (χ1v) is 8.80. The van der Waals surface area contributed by atoms with Gasteiger partial charge in [0.1, 0.15) is 0 Å². The Morgan fingerprint density at radius 2 is 2.12 bits per heavy atom. The maximum atomic E-state index is 13.0. The van der Waals surface area contributed by atoms with Gasteiger partial charge in [0.15, 0.2) is 5.69 Å². The average Bonchev–Trinajstić information content (AvgIpc) is 3.36. The number of rotatable bonds is 2. The number of pyridine rings is 1. The van der Waals surface area contributed by atoms with Crippen LogP contribution in [0.3, 0.4) is 0 Å². The summed E-state index contributed by atoms with van der Waals surface area (Å²) in [5.74, 6) is 0.697. The third kappa shape index (κ3) is 2.17. The van der Waals surface area contributed by atoms with E-state index in [-0.39, 0.29) is 5.91 Å². The van der Waals surface area contributed by atoms with Gasteiger partial charge < -0.3 is 4.90 Å². The number of carbonyl (C=O) groups is 1. The number of piperidine rings is 1. The van der Waals surface area contributed by atoms with Crippen LogP contribution in [0.2, 0.25) is 0 Å². The fourth-order valence-corrected chi connectivity index (χ4v) is 4.34. The lowest BCUT2D eigenvalue weighted by molar-refractivity contribution is 0.0696. The zero-order valence-electron chi connectivity index (χ0n) is 14.1. The summed E-state index contributed by atoms with van der Waals surface area (Å²) < 4.78 is 1.76. The van der Waals surface area contributed by atoms with E-state index in [1.807, 2.05) is 42.2 Å². The molecule has 5 rings (SSSR count). The SMILES string of the molecule is Cc1c(C(=O)N2C[C@@H]3CC[C@H]2C3)nnn1-c1cccc2ncccc12. The van der Waals surface area contributed by atoms with Gasteiger partial charge in [-0.2, -0.15) is 0 Å². The molecular weight excluding hydrogens is 314 g/mol.